The molecule has 0 radical (unpaired) electrons. The van der Waals surface area contributed by atoms with Crippen molar-refractivity contribution in [3.63, 3.8) is 0 Å². The quantitative estimate of drug-likeness (QED) is 0.606. The van der Waals surface area contributed by atoms with Crippen LogP contribution in [0.25, 0.3) is 0 Å². The zero-order valence-corrected chi connectivity index (χ0v) is 18.0. The number of hydrogen-bond donors (Lipinski definition) is 1. The van der Waals surface area contributed by atoms with Crippen LogP contribution in [0.5, 0.6) is 0 Å². The van der Waals surface area contributed by atoms with Gasteiger partial charge in [-0.3, -0.25) is 19.3 Å². The summed E-state index contributed by atoms with van der Waals surface area (Å²) in [5, 5.41) is 6.75. The largest absolute Gasteiger partial charge is 0.416 e. The van der Waals surface area contributed by atoms with Gasteiger partial charge in [0.25, 0.3) is 11.8 Å². The number of nitrogens with one attached hydrogen (secondary N) is 1. The second-order valence-electron chi connectivity index (χ2n) is 7.16. The van der Waals surface area contributed by atoms with Crippen LogP contribution in [-0.4, -0.2) is 38.1 Å². The summed E-state index contributed by atoms with van der Waals surface area (Å²) < 4.78 is 40.0. The number of aromatic nitrogens is 4. The number of carbonyl (C=O) groups excluding carboxylic acids is 2. The third kappa shape index (κ3) is 5.00. The van der Waals surface area contributed by atoms with Crippen molar-refractivity contribution >= 4 is 36.8 Å². The zero-order chi connectivity index (χ0) is 22.3. The molecule has 0 saturated carbocycles. The van der Waals surface area contributed by atoms with Crippen LogP contribution in [0, 0.1) is 6.92 Å². The molecule has 0 spiro atoms. The average Bonchev–Trinajstić information content (AvgIpc) is 3.16. The number of benzene rings is 1. The van der Waals surface area contributed by atoms with E-state index in [0.717, 1.165) is 12.1 Å². The molecule has 4 rings (SSSR count). The number of halogens is 3. The lowest BCUT2D eigenvalue weighted by Crippen LogP contribution is -2.43. The minimum absolute atomic E-state index is 0. The van der Waals surface area contributed by atoms with Crippen molar-refractivity contribution in [1.29, 1.82) is 0 Å². The highest BCUT2D eigenvalue weighted by molar-refractivity contribution is 7.59. The van der Waals surface area contributed by atoms with Crippen LogP contribution >= 0.6 is 13.5 Å². The monoisotopic (exact) mass is 480 g/mol. The average molecular weight is 481 g/mol. The molecule has 0 aliphatic carbocycles. The summed E-state index contributed by atoms with van der Waals surface area (Å²) in [6.45, 7) is 3.72. The summed E-state index contributed by atoms with van der Waals surface area (Å²) in [5.74, 6) is -0.896. The molecule has 1 atom stereocenters. The van der Waals surface area contributed by atoms with Gasteiger partial charge in [-0.25, -0.2) is 4.98 Å². The van der Waals surface area contributed by atoms with Crippen molar-refractivity contribution in [2.24, 2.45) is 0 Å². The Bertz CT molecular complexity index is 1160. The molecule has 1 aliphatic heterocycles. The lowest BCUT2D eigenvalue weighted by Gasteiger charge is -2.32. The topological polar surface area (TPSA) is 93.0 Å². The molecule has 0 saturated heterocycles. The summed E-state index contributed by atoms with van der Waals surface area (Å²) >= 11 is 0. The van der Waals surface area contributed by atoms with Gasteiger partial charge in [0, 0.05) is 18.4 Å². The summed E-state index contributed by atoms with van der Waals surface area (Å²) in [4.78, 5) is 35.4. The van der Waals surface area contributed by atoms with E-state index in [1.54, 1.807) is 13.8 Å². The normalized spacial score (nSPS) is 15.2. The Labute approximate surface area is 195 Å². The Morgan fingerprint density at radius 2 is 1.82 bits per heavy atom. The number of rotatable bonds is 3. The van der Waals surface area contributed by atoms with E-state index < -0.39 is 23.6 Å². The van der Waals surface area contributed by atoms with E-state index in [0.29, 0.717) is 11.4 Å². The molecule has 1 aromatic carbocycles. The number of anilines is 2. The third-order valence-electron chi connectivity index (χ3n) is 4.86. The van der Waals surface area contributed by atoms with E-state index >= 15 is 0 Å². The molecule has 0 bridgehead atoms. The Morgan fingerprint density at radius 3 is 2.42 bits per heavy atom. The van der Waals surface area contributed by atoms with Crippen molar-refractivity contribution in [2.45, 2.75) is 33.5 Å². The highest BCUT2D eigenvalue weighted by atomic mass is 32.1. The number of fused-ring (bicyclic) bond motifs is 1. The fourth-order valence-electron chi connectivity index (χ4n) is 3.39. The van der Waals surface area contributed by atoms with Crippen LogP contribution in [0.1, 0.15) is 52.5 Å². The van der Waals surface area contributed by atoms with E-state index in [-0.39, 0.29) is 50.6 Å². The molecule has 1 N–H and O–H groups in total. The first-order valence-electron chi connectivity index (χ1n) is 9.32. The first kappa shape index (κ1) is 25.8. The van der Waals surface area contributed by atoms with Crippen molar-refractivity contribution in [3.05, 3.63) is 65.4 Å². The van der Waals surface area contributed by atoms with Gasteiger partial charge in [-0.15, -0.1) is 0 Å². The van der Waals surface area contributed by atoms with Gasteiger partial charge >= 0.3 is 6.18 Å². The number of aryl methyl sites for hydroxylation is 1. The number of amides is 2. The molecule has 3 aromatic rings. The van der Waals surface area contributed by atoms with E-state index in [1.807, 2.05) is 0 Å². The third-order valence-corrected chi connectivity index (χ3v) is 4.86. The SMILES string of the molecule is C.Cc1cncc(NC(=O)c2cnn3c2C(=O)N(c2ccc(C(F)(F)F)cc2)C[C@@H]3C)n1.S. The fourth-order valence-corrected chi connectivity index (χ4v) is 3.39. The molecule has 0 unspecified atom stereocenters. The summed E-state index contributed by atoms with van der Waals surface area (Å²) in [6.07, 6.45) is -0.275. The first-order valence-corrected chi connectivity index (χ1v) is 9.32. The Kier molecular flexibility index (Phi) is 7.53. The number of nitrogens with zero attached hydrogens (tertiary/aromatic N) is 5. The second kappa shape index (κ2) is 9.61. The molecular formula is C21H23F3N6O2S. The van der Waals surface area contributed by atoms with Crippen molar-refractivity contribution in [1.82, 2.24) is 19.7 Å². The standard InChI is InChI=1S/C20H17F3N6O2.CH4.H2S/c1-11-7-24-9-16(26-11)27-18(30)15-8-25-29-12(2)10-28(19(31)17(15)29)14-5-3-13(4-6-14)20(21,22)23;;/h3-9,12H,10H2,1-2H3,(H,26,27,30);1H4;1H2/t12-;;/m0../s1. The molecule has 2 amide bonds. The Hall–Kier alpha value is -3.41. The predicted octanol–water partition coefficient (Wildman–Crippen LogP) is 4.22. The minimum atomic E-state index is -4.47. The van der Waals surface area contributed by atoms with Crippen molar-refractivity contribution in [3.8, 4) is 0 Å². The number of hydrogen-bond acceptors (Lipinski definition) is 5. The lowest BCUT2D eigenvalue weighted by atomic mass is 10.1. The number of carbonyl (C=O) groups is 2. The van der Waals surface area contributed by atoms with Gasteiger partial charge in [0.2, 0.25) is 0 Å². The molecule has 8 nitrogen and oxygen atoms in total. The predicted molar refractivity (Wildman–Crippen MR) is 122 cm³/mol. The van der Waals surface area contributed by atoms with Crippen molar-refractivity contribution < 1.29 is 22.8 Å². The molecule has 12 heteroatoms. The van der Waals surface area contributed by atoms with Gasteiger partial charge in [-0.2, -0.15) is 31.8 Å². The Morgan fingerprint density at radius 1 is 1.15 bits per heavy atom. The maximum absolute atomic E-state index is 13.2. The van der Waals surface area contributed by atoms with E-state index in [4.69, 9.17) is 0 Å². The van der Waals surface area contributed by atoms with Crippen LogP contribution in [0.3, 0.4) is 0 Å². The second-order valence-corrected chi connectivity index (χ2v) is 7.16. The zero-order valence-electron chi connectivity index (χ0n) is 17.0. The summed E-state index contributed by atoms with van der Waals surface area (Å²) in [5.41, 5.74) is 0.188. The van der Waals surface area contributed by atoms with Gasteiger partial charge in [0.05, 0.1) is 35.3 Å². The van der Waals surface area contributed by atoms with Gasteiger partial charge in [-0.1, -0.05) is 7.43 Å². The molecule has 3 heterocycles. The van der Waals surface area contributed by atoms with E-state index in [9.17, 15) is 22.8 Å². The maximum Gasteiger partial charge on any atom is 0.416 e. The molecular weight excluding hydrogens is 457 g/mol. The van der Waals surface area contributed by atoms with Crippen LogP contribution in [0.15, 0.2) is 42.9 Å². The van der Waals surface area contributed by atoms with Crippen molar-refractivity contribution in [2.75, 3.05) is 16.8 Å². The number of alkyl halides is 3. The smallest absolute Gasteiger partial charge is 0.305 e. The van der Waals surface area contributed by atoms with Gasteiger partial charge in [-0.05, 0) is 38.1 Å². The van der Waals surface area contributed by atoms with Crippen LogP contribution in [-0.2, 0) is 6.18 Å². The molecule has 2 aromatic heterocycles. The maximum atomic E-state index is 13.2. The minimum Gasteiger partial charge on any atom is -0.305 e. The molecule has 0 fully saturated rings. The lowest BCUT2D eigenvalue weighted by molar-refractivity contribution is -0.137. The fraction of sp³-hybridized carbons (Fsp3) is 0.286. The van der Waals surface area contributed by atoms with Crippen LogP contribution in [0.2, 0.25) is 0 Å². The van der Waals surface area contributed by atoms with Crippen LogP contribution < -0.4 is 10.2 Å². The molecule has 176 valence electrons. The highest BCUT2D eigenvalue weighted by Gasteiger charge is 2.36. The van der Waals surface area contributed by atoms with Gasteiger partial charge in [0.15, 0.2) is 5.82 Å². The summed E-state index contributed by atoms with van der Waals surface area (Å²) in [7, 11) is 0. The summed E-state index contributed by atoms with van der Waals surface area (Å²) in [6, 6.07) is 4.02. The molecule has 33 heavy (non-hydrogen) atoms. The van der Waals surface area contributed by atoms with Crippen LogP contribution in [0.4, 0.5) is 24.7 Å². The first-order chi connectivity index (χ1) is 14.6. The van der Waals surface area contributed by atoms with Gasteiger partial charge in [0.1, 0.15) is 5.69 Å². The van der Waals surface area contributed by atoms with E-state index in [1.165, 1.54) is 40.3 Å². The Balaban J connectivity index is 0.00000193. The highest BCUT2D eigenvalue weighted by Crippen LogP contribution is 2.32. The van der Waals surface area contributed by atoms with E-state index in [2.05, 4.69) is 20.4 Å². The molecule has 1 aliphatic rings. The van der Waals surface area contributed by atoms with Gasteiger partial charge < -0.3 is 10.2 Å².